The first-order valence-corrected chi connectivity index (χ1v) is 11.4. The van der Waals surface area contributed by atoms with Crippen LogP contribution in [0.15, 0.2) is 72.8 Å². The van der Waals surface area contributed by atoms with Crippen molar-refractivity contribution in [3.63, 3.8) is 0 Å². The Labute approximate surface area is 205 Å². The number of benzene rings is 3. The van der Waals surface area contributed by atoms with Crippen molar-refractivity contribution in [2.75, 3.05) is 0 Å². The molecule has 0 spiro atoms. The second-order valence-electron chi connectivity index (χ2n) is 7.76. The van der Waals surface area contributed by atoms with E-state index in [0.717, 1.165) is 34.7 Å². The first-order valence-electron chi connectivity index (χ1n) is 10.7. The second kappa shape index (κ2) is 10.1. The average molecular weight is 505 g/mol. The zero-order chi connectivity index (χ0) is 24.3. The predicted molar refractivity (Wildman–Crippen MR) is 129 cm³/mol. The monoisotopic (exact) mass is 504 g/mol. The summed E-state index contributed by atoms with van der Waals surface area (Å²) in [6, 6.07) is 21.4. The highest BCUT2D eigenvalue weighted by molar-refractivity contribution is 6.37. The Morgan fingerprint density at radius 2 is 1.47 bits per heavy atom. The molecule has 4 rings (SSSR count). The SMILES string of the molecule is CCCc1ccc(-c2ccc(OCc3cc(C(F)(F)F)nn3-c3c(Cl)cccc3Cl)cc2)cc1. The largest absolute Gasteiger partial charge is 0.487 e. The van der Waals surface area contributed by atoms with Crippen LogP contribution in [0.3, 0.4) is 0 Å². The molecule has 1 heterocycles. The molecule has 0 radical (unpaired) electrons. The van der Waals surface area contributed by atoms with Gasteiger partial charge in [-0.3, -0.25) is 0 Å². The molecule has 4 aromatic rings. The van der Waals surface area contributed by atoms with Crippen molar-refractivity contribution >= 4 is 23.2 Å². The number of ether oxygens (including phenoxy) is 1. The summed E-state index contributed by atoms with van der Waals surface area (Å²) < 4.78 is 46.9. The molecule has 3 aromatic carbocycles. The fourth-order valence-electron chi connectivity index (χ4n) is 3.60. The number of hydrogen-bond donors (Lipinski definition) is 0. The standard InChI is InChI=1S/C26H21Cl2F3N2O/c1-2-4-17-7-9-18(10-8-17)19-11-13-21(14-12-19)34-16-20-15-24(26(29,30)31)32-33(20)25-22(27)5-3-6-23(25)28/h3,5-15H,2,4,16H2,1H3. The molecule has 0 N–H and O–H groups in total. The summed E-state index contributed by atoms with van der Waals surface area (Å²) in [4.78, 5) is 0. The van der Waals surface area contributed by atoms with Gasteiger partial charge in [0.05, 0.1) is 15.7 Å². The summed E-state index contributed by atoms with van der Waals surface area (Å²) in [6.07, 6.45) is -2.49. The molecule has 0 amide bonds. The van der Waals surface area contributed by atoms with Gasteiger partial charge in [0, 0.05) is 0 Å². The Balaban J connectivity index is 1.56. The van der Waals surface area contributed by atoms with E-state index >= 15 is 0 Å². The van der Waals surface area contributed by atoms with Crippen molar-refractivity contribution < 1.29 is 17.9 Å². The number of nitrogens with zero attached hydrogens (tertiary/aromatic N) is 2. The molecule has 0 saturated carbocycles. The quantitative estimate of drug-likeness (QED) is 0.252. The first-order chi connectivity index (χ1) is 16.3. The minimum atomic E-state index is -4.62. The molecular formula is C26H21Cl2F3N2O. The van der Waals surface area contributed by atoms with Crippen LogP contribution in [0, 0.1) is 0 Å². The van der Waals surface area contributed by atoms with E-state index in [1.54, 1.807) is 18.2 Å². The normalized spacial score (nSPS) is 11.6. The summed E-state index contributed by atoms with van der Waals surface area (Å²) in [7, 11) is 0. The Bertz CT molecular complexity index is 1250. The topological polar surface area (TPSA) is 27.1 Å². The molecule has 0 aliphatic carbocycles. The molecule has 8 heteroatoms. The molecular weight excluding hydrogens is 484 g/mol. The van der Waals surface area contributed by atoms with E-state index in [1.165, 1.54) is 17.7 Å². The van der Waals surface area contributed by atoms with E-state index in [1.807, 2.05) is 12.1 Å². The minimum Gasteiger partial charge on any atom is -0.487 e. The van der Waals surface area contributed by atoms with E-state index in [-0.39, 0.29) is 28.0 Å². The lowest BCUT2D eigenvalue weighted by molar-refractivity contribution is -0.141. The molecule has 0 fully saturated rings. The number of aromatic nitrogens is 2. The van der Waals surface area contributed by atoms with Crippen LogP contribution in [-0.4, -0.2) is 9.78 Å². The van der Waals surface area contributed by atoms with Crippen LogP contribution in [0.5, 0.6) is 5.75 Å². The molecule has 0 unspecified atom stereocenters. The lowest BCUT2D eigenvalue weighted by Gasteiger charge is -2.12. The minimum absolute atomic E-state index is 0.157. The van der Waals surface area contributed by atoms with Crippen molar-refractivity contribution in [2.24, 2.45) is 0 Å². The summed E-state index contributed by atoms with van der Waals surface area (Å²) in [5.74, 6) is 0.512. The third-order valence-electron chi connectivity index (χ3n) is 5.29. The summed E-state index contributed by atoms with van der Waals surface area (Å²) in [6.45, 7) is 1.99. The Hall–Kier alpha value is -2.96. The predicted octanol–water partition coefficient (Wildman–Crippen LogP) is 8.40. The third-order valence-corrected chi connectivity index (χ3v) is 5.90. The van der Waals surface area contributed by atoms with Crippen molar-refractivity contribution in [3.05, 3.63) is 99.8 Å². The fraction of sp³-hybridized carbons (Fsp3) is 0.192. The Morgan fingerprint density at radius 3 is 2.03 bits per heavy atom. The van der Waals surface area contributed by atoms with Crippen LogP contribution < -0.4 is 4.74 Å². The maximum Gasteiger partial charge on any atom is 0.435 e. The smallest absolute Gasteiger partial charge is 0.435 e. The Kier molecular flexibility index (Phi) is 7.19. The average Bonchev–Trinajstić information content (AvgIpc) is 3.23. The van der Waals surface area contributed by atoms with Gasteiger partial charge in [-0.15, -0.1) is 0 Å². The summed E-state index contributed by atoms with van der Waals surface area (Å²) >= 11 is 12.4. The summed E-state index contributed by atoms with van der Waals surface area (Å²) in [5, 5.41) is 4.06. The van der Waals surface area contributed by atoms with E-state index in [4.69, 9.17) is 27.9 Å². The van der Waals surface area contributed by atoms with Gasteiger partial charge >= 0.3 is 6.18 Å². The van der Waals surface area contributed by atoms with Gasteiger partial charge in [-0.05, 0) is 53.4 Å². The van der Waals surface area contributed by atoms with Crippen molar-refractivity contribution in [1.29, 1.82) is 0 Å². The number of hydrogen-bond acceptors (Lipinski definition) is 2. The van der Waals surface area contributed by atoms with E-state index in [9.17, 15) is 13.2 Å². The van der Waals surface area contributed by atoms with E-state index in [0.29, 0.717) is 5.75 Å². The van der Waals surface area contributed by atoms with Gasteiger partial charge in [0.2, 0.25) is 0 Å². The second-order valence-corrected chi connectivity index (χ2v) is 8.58. The highest BCUT2D eigenvalue weighted by atomic mass is 35.5. The highest BCUT2D eigenvalue weighted by Crippen LogP contribution is 2.34. The lowest BCUT2D eigenvalue weighted by Crippen LogP contribution is -2.09. The molecule has 0 saturated heterocycles. The Morgan fingerprint density at radius 1 is 0.882 bits per heavy atom. The van der Waals surface area contributed by atoms with E-state index < -0.39 is 11.9 Å². The van der Waals surface area contributed by atoms with Crippen LogP contribution in [0.25, 0.3) is 16.8 Å². The van der Waals surface area contributed by atoms with Gasteiger partial charge in [0.25, 0.3) is 0 Å². The number of aryl methyl sites for hydroxylation is 1. The molecule has 176 valence electrons. The van der Waals surface area contributed by atoms with Crippen LogP contribution in [0.4, 0.5) is 13.2 Å². The number of rotatable bonds is 7. The van der Waals surface area contributed by atoms with E-state index in [2.05, 4.69) is 36.3 Å². The van der Waals surface area contributed by atoms with Gasteiger partial charge in [-0.2, -0.15) is 18.3 Å². The van der Waals surface area contributed by atoms with Gasteiger partial charge < -0.3 is 4.74 Å². The van der Waals surface area contributed by atoms with Crippen LogP contribution in [0.2, 0.25) is 10.0 Å². The van der Waals surface area contributed by atoms with Crippen molar-refractivity contribution in [3.8, 4) is 22.6 Å². The van der Waals surface area contributed by atoms with Crippen LogP contribution in [-0.2, 0) is 19.2 Å². The van der Waals surface area contributed by atoms with Gasteiger partial charge in [-0.1, -0.05) is 79.0 Å². The maximum atomic E-state index is 13.4. The maximum absolute atomic E-state index is 13.4. The summed E-state index contributed by atoms with van der Waals surface area (Å²) in [5.41, 5.74) is 2.67. The third kappa shape index (κ3) is 5.40. The van der Waals surface area contributed by atoms with Crippen LogP contribution in [0.1, 0.15) is 30.3 Å². The van der Waals surface area contributed by atoms with Crippen molar-refractivity contribution in [1.82, 2.24) is 9.78 Å². The van der Waals surface area contributed by atoms with Gasteiger partial charge in [-0.25, -0.2) is 4.68 Å². The molecule has 0 atom stereocenters. The van der Waals surface area contributed by atoms with Gasteiger partial charge in [0.15, 0.2) is 5.69 Å². The van der Waals surface area contributed by atoms with Crippen molar-refractivity contribution in [2.45, 2.75) is 32.5 Å². The fourth-order valence-corrected chi connectivity index (χ4v) is 4.16. The molecule has 3 nitrogen and oxygen atoms in total. The van der Waals surface area contributed by atoms with Crippen LogP contribution >= 0.6 is 23.2 Å². The molecule has 0 aliphatic heterocycles. The lowest BCUT2D eigenvalue weighted by atomic mass is 10.0. The molecule has 0 aliphatic rings. The highest BCUT2D eigenvalue weighted by Gasteiger charge is 2.35. The zero-order valence-electron chi connectivity index (χ0n) is 18.2. The number of halogens is 5. The zero-order valence-corrected chi connectivity index (χ0v) is 19.8. The number of alkyl halides is 3. The molecule has 1 aromatic heterocycles. The molecule has 0 bridgehead atoms. The first kappa shape index (κ1) is 24.2. The molecule has 34 heavy (non-hydrogen) atoms. The van der Waals surface area contributed by atoms with Gasteiger partial charge in [0.1, 0.15) is 18.0 Å². The number of para-hydroxylation sites is 1.